The highest BCUT2D eigenvalue weighted by Crippen LogP contribution is 2.28. The van der Waals surface area contributed by atoms with Crippen molar-refractivity contribution in [2.45, 2.75) is 57.4 Å². The Morgan fingerprint density at radius 2 is 1.82 bits per heavy atom. The first-order valence-corrected chi connectivity index (χ1v) is 6.79. The van der Waals surface area contributed by atoms with Crippen LogP contribution in [0.2, 0.25) is 0 Å². The van der Waals surface area contributed by atoms with Crippen LogP contribution in [-0.4, -0.2) is 18.5 Å². The Kier molecular flexibility index (Phi) is 6.28. The molecule has 0 bridgehead atoms. The molecule has 0 aromatic rings. The second kappa shape index (κ2) is 7.22. The lowest BCUT2D eigenvalue weighted by atomic mass is 10.0. The van der Waals surface area contributed by atoms with Crippen LogP contribution >= 0.6 is 12.4 Å². The predicted octanol–water partition coefficient (Wildman–Crippen LogP) is 2.23. The van der Waals surface area contributed by atoms with Crippen LogP contribution < -0.4 is 11.1 Å². The maximum absolute atomic E-state index is 11.9. The van der Waals surface area contributed by atoms with Crippen LogP contribution in [-0.2, 0) is 4.79 Å². The maximum Gasteiger partial charge on any atom is 0.220 e. The van der Waals surface area contributed by atoms with Gasteiger partial charge < -0.3 is 11.1 Å². The number of rotatable bonds is 4. The van der Waals surface area contributed by atoms with Gasteiger partial charge in [0, 0.05) is 12.5 Å². The van der Waals surface area contributed by atoms with Crippen LogP contribution in [0.5, 0.6) is 0 Å². The van der Waals surface area contributed by atoms with Crippen LogP contribution in [0.3, 0.4) is 0 Å². The molecule has 0 radical (unpaired) electrons. The third-order valence-corrected chi connectivity index (χ3v) is 4.26. The van der Waals surface area contributed by atoms with E-state index >= 15 is 0 Å². The van der Waals surface area contributed by atoms with Gasteiger partial charge in [0.25, 0.3) is 0 Å². The summed E-state index contributed by atoms with van der Waals surface area (Å²) in [6.45, 7) is 0.717. The van der Waals surface area contributed by atoms with Gasteiger partial charge in [-0.15, -0.1) is 12.4 Å². The van der Waals surface area contributed by atoms with E-state index in [-0.39, 0.29) is 18.3 Å². The lowest BCUT2D eigenvalue weighted by molar-refractivity contribution is -0.122. The maximum atomic E-state index is 11.9. The van der Waals surface area contributed by atoms with E-state index in [0.29, 0.717) is 24.4 Å². The van der Waals surface area contributed by atoms with Gasteiger partial charge >= 0.3 is 0 Å². The molecule has 2 atom stereocenters. The third kappa shape index (κ3) is 4.14. The molecule has 0 heterocycles. The largest absolute Gasteiger partial charge is 0.353 e. The summed E-state index contributed by atoms with van der Waals surface area (Å²) in [6, 6.07) is 0.360. The Labute approximate surface area is 110 Å². The van der Waals surface area contributed by atoms with E-state index in [2.05, 4.69) is 5.32 Å². The van der Waals surface area contributed by atoms with Crippen molar-refractivity contribution >= 4 is 18.3 Å². The summed E-state index contributed by atoms with van der Waals surface area (Å²) < 4.78 is 0. The second-order valence-electron chi connectivity index (χ2n) is 5.46. The highest BCUT2D eigenvalue weighted by Gasteiger charge is 2.28. The predicted molar refractivity (Wildman–Crippen MR) is 72.1 cm³/mol. The number of halogens is 1. The first-order chi connectivity index (χ1) is 7.79. The van der Waals surface area contributed by atoms with Crippen LogP contribution in [0.15, 0.2) is 0 Å². The van der Waals surface area contributed by atoms with Gasteiger partial charge in [-0.2, -0.15) is 0 Å². The monoisotopic (exact) mass is 260 g/mol. The van der Waals surface area contributed by atoms with E-state index in [1.807, 2.05) is 0 Å². The Balaban J connectivity index is 0.00000144. The number of carbonyl (C=O) groups excluding carboxylic acids is 1. The topological polar surface area (TPSA) is 55.1 Å². The first-order valence-electron chi connectivity index (χ1n) is 6.79. The minimum atomic E-state index is 0. The number of nitrogens with one attached hydrogen (secondary N) is 1. The van der Waals surface area contributed by atoms with Gasteiger partial charge in [-0.1, -0.05) is 19.3 Å². The minimum absolute atomic E-state index is 0. The quantitative estimate of drug-likeness (QED) is 0.815. The van der Waals surface area contributed by atoms with E-state index in [0.717, 1.165) is 12.8 Å². The van der Waals surface area contributed by atoms with E-state index in [1.54, 1.807) is 0 Å². The molecule has 100 valence electrons. The number of hydrogen-bond donors (Lipinski definition) is 2. The highest BCUT2D eigenvalue weighted by molar-refractivity contribution is 5.85. The summed E-state index contributed by atoms with van der Waals surface area (Å²) in [4.78, 5) is 11.9. The molecule has 0 aromatic heterocycles. The summed E-state index contributed by atoms with van der Waals surface area (Å²) >= 11 is 0. The molecule has 17 heavy (non-hydrogen) atoms. The van der Waals surface area contributed by atoms with Gasteiger partial charge in [0.05, 0.1) is 0 Å². The second-order valence-corrected chi connectivity index (χ2v) is 5.46. The standard InChI is InChI=1S/C13H24N2O.ClH/c14-9-11-6-3-7-12(11)15-13(16)8-10-4-1-2-5-10;/h10-12H,1-9,14H2,(H,15,16);1H. The SMILES string of the molecule is Cl.NCC1CCCC1NC(=O)CC1CCCC1. The summed E-state index contributed by atoms with van der Waals surface area (Å²) in [5, 5.41) is 3.19. The Hall–Kier alpha value is -0.280. The van der Waals surface area contributed by atoms with E-state index in [9.17, 15) is 4.79 Å². The number of amides is 1. The zero-order valence-electron chi connectivity index (χ0n) is 10.5. The van der Waals surface area contributed by atoms with Crippen molar-refractivity contribution in [2.75, 3.05) is 6.54 Å². The molecule has 2 fully saturated rings. The third-order valence-electron chi connectivity index (χ3n) is 4.26. The number of carbonyl (C=O) groups is 1. The molecule has 0 aliphatic heterocycles. The molecule has 3 nitrogen and oxygen atoms in total. The molecule has 0 spiro atoms. The molecule has 2 rings (SSSR count). The van der Waals surface area contributed by atoms with E-state index in [1.165, 1.54) is 38.5 Å². The minimum Gasteiger partial charge on any atom is -0.353 e. The zero-order chi connectivity index (χ0) is 11.4. The smallest absolute Gasteiger partial charge is 0.220 e. The number of nitrogens with two attached hydrogens (primary N) is 1. The summed E-state index contributed by atoms with van der Waals surface area (Å²) in [5.41, 5.74) is 5.71. The fourth-order valence-electron chi connectivity index (χ4n) is 3.25. The molecule has 2 aliphatic rings. The molecule has 2 aliphatic carbocycles. The van der Waals surface area contributed by atoms with Gasteiger partial charge in [-0.25, -0.2) is 0 Å². The van der Waals surface area contributed by atoms with Gasteiger partial charge in [-0.05, 0) is 44.1 Å². The normalized spacial score (nSPS) is 29.0. The number of hydrogen-bond acceptors (Lipinski definition) is 2. The zero-order valence-corrected chi connectivity index (χ0v) is 11.3. The molecule has 4 heteroatoms. The van der Waals surface area contributed by atoms with Gasteiger partial charge in [0.15, 0.2) is 0 Å². The Morgan fingerprint density at radius 1 is 1.12 bits per heavy atom. The van der Waals surface area contributed by atoms with Crippen molar-refractivity contribution in [3.8, 4) is 0 Å². The average molecular weight is 261 g/mol. The van der Waals surface area contributed by atoms with Gasteiger partial charge in [-0.3, -0.25) is 4.79 Å². The van der Waals surface area contributed by atoms with Crippen LogP contribution in [0.4, 0.5) is 0 Å². The van der Waals surface area contributed by atoms with Crippen molar-refractivity contribution in [3.63, 3.8) is 0 Å². The molecule has 1 amide bonds. The van der Waals surface area contributed by atoms with Gasteiger partial charge in [0.2, 0.25) is 5.91 Å². The molecule has 2 unspecified atom stereocenters. The molecule has 0 aromatic carbocycles. The van der Waals surface area contributed by atoms with Crippen LogP contribution in [0.25, 0.3) is 0 Å². The summed E-state index contributed by atoms with van der Waals surface area (Å²) in [7, 11) is 0. The fraction of sp³-hybridized carbons (Fsp3) is 0.923. The van der Waals surface area contributed by atoms with Crippen LogP contribution in [0, 0.1) is 11.8 Å². The highest BCUT2D eigenvalue weighted by atomic mass is 35.5. The Morgan fingerprint density at radius 3 is 2.47 bits per heavy atom. The van der Waals surface area contributed by atoms with Crippen molar-refractivity contribution in [1.82, 2.24) is 5.32 Å². The van der Waals surface area contributed by atoms with Crippen LogP contribution in [0.1, 0.15) is 51.4 Å². The Bertz CT molecular complexity index is 242. The van der Waals surface area contributed by atoms with Crippen molar-refractivity contribution < 1.29 is 4.79 Å². The van der Waals surface area contributed by atoms with Crippen molar-refractivity contribution in [1.29, 1.82) is 0 Å². The molecular weight excluding hydrogens is 236 g/mol. The average Bonchev–Trinajstić information content (AvgIpc) is 2.88. The van der Waals surface area contributed by atoms with E-state index in [4.69, 9.17) is 5.73 Å². The summed E-state index contributed by atoms with van der Waals surface area (Å²) in [6.07, 6.45) is 9.39. The fourth-order valence-corrected chi connectivity index (χ4v) is 3.25. The lowest BCUT2D eigenvalue weighted by Crippen LogP contribution is -2.40. The first kappa shape index (κ1) is 14.8. The van der Waals surface area contributed by atoms with Crippen molar-refractivity contribution in [2.24, 2.45) is 17.6 Å². The van der Waals surface area contributed by atoms with Crippen molar-refractivity contribution in [3.05, 3.63) is 0 Å². The molecule has 0 saturated heterocycles. The molecular formula is C13H25ClN2O. The van der Waals surface area contributed by atoms with Gasteiger partial charge in [0.1, 0.15) is 0 Å². The summed E-state index contributed by atoms with van der Waals surface area (Å²) in [5.74, 6) is 1.43. The molecule has 3 N–H and O–H groups in total. The van der Waals surface area contributed by atoms with E-state index < -0.39 is 0 Å². The molecule has 2 saturated carbocycles. The lowest BCUT2D eigenvalue weighted by Gasteiger charge is -2.20.